The zero-order chi connectivity index (χ0) is 14.8. The molecule has 2 aliphatic rings. The molecule has 1 aromatic heterocycles. The Labute approximate surface area is 128 Å². The van der Waals surface area contributed by atoms with Crippen LogP contribution >= 0.6 is 11.8 Å². The number of likely N-dealkylation sites (tertiary alicyclic amines) is 1. The van der Waals surface area contributed by atoms with Gasteiger partial charge in [0.15, 0.2) is 11.0 Å². The number of anilines is 1. The highest BCUT2D eigenvalue weighted by Gasteiger charge is 2.37. The Morgan fingerprint density at radius 2 is 2.14 bits per heavy atom. The van der Waals surface area contributed by atoms with E-state index >= 15 is 0 Å². The molecule has 110 valence electrons. The maximum atomic E-state index is 12.3. The molecule has 21 heavy (non-hydrogen) atoms. The standard InChI is InChI=1S/C14H17N5OS/c1-21-14-16-7-10(6-15)12(17-14)19-8-11(9-19)13(20)18-4-2-3-5-18/h7,11H,2-5,8-9H2,1H3. The van der Waals surface area contributed by atoms with Gasteiger partial charge in [-0.3, -0.25) is 4.79 Å². The highest BCUT2D eigenvalue weighted by atomic mass is 32.2. The second-order valence-corrected chi connectivity index (χ2v) is 6.11. The molecule has 0 radical (unpaired) electrons. The fraction of sp³-hybridized carbons (Fsp3) is 0.571. The molecule has 2 fully saturated rings. The Kier molecular flexibility index (Phi) is 3.97. The minimum Gasteiger partial charge on any atom is -0.354 e. The molecule has 0 unspecified atom stereocenters. The first-order valence-corrected chi connectivity index (χ1v) is 8.30. The summed E-state index contributed by atoms with van der Waals surface area (Å²) in [6.45, 7) is 3.08. The quantitative estimate of drug-likeness (QED) is 0.615. The number of amides is 1. The average molecular weight is 303 g/mol. The first kappa shape index (κ1) is 14.1. The van der Waals surface area contributed by atoms with Gasteiger partial charge in [0.2, 0.25) is 5.91 Å². The van der Waals surface area contributed by atoms with Crippen LogP contribution in [0.3, 0.4) is 0 Å². The van der Waals surface area contributed by atoms with E-state index in [4.69, 9.17) is 5.26 Å². The van der Waals surface area contributed by atoms with Crippen molar-refractivity contribution in [2.24, 2.45) is 5.92 Å². The van der Waals surface area contributed by atoms with Crippen LogP contribution in [0, 0.1) is 17.2 Å². The summed E-state index contributed by atoms with van der Waals surface area (Å²) in [6, 6.07) is 2.12. The molecule has 0 aromatic carbocycles. The molecule has 3 rings (SSSR count). The predicted octanol–water partition coefficient (Wildman–Crippen LogP) is 1.13. The molecular formula is C14H17N5OS. The van der Waals surface area contributed by atoms with E-state index in [2.05, 4.69) is 16.0 Å². The van der Waals surface area contributed by atoms with E-state index < -0.39 is 0 Å². The monoisotopic (exact) mass is 303 g/mol. The topological polar surface area (TPSA) is 73.1 Å². The Balaban J connectivity index is 1.68. The fourth-order valence-corrected chi connectivity index (χ4v) is 3.11. The number of carbonyl (C=O) groups is 1. The van der Waals surface area contributed by atoms with E-state index in [9.17, 15) is 4.79 Å². The number of hydrogen-bond donors (Lipinski definition) is 0. The summed E-state index contributed by atoms with van der Waals surface area (Å²) in [7, 11) is 0. The number of nitrogens with zero attached hydrogens (tertiary/aromatic N) is 5. The number of nitriles is 1. The van der Waals surface area contributed by atoms with Crippen molar-refractivity contribution < 1.29 is 4.79 Å². The lowest BCUT2D eigenvalue weighted by Crippen LogP contribution is -2.54. The van der Waals surface area contributed by atoms with Gasteiger partial charge in [0.1, 0.15) is 11.6 Å². The Hall–Kier alpha value is -1.81. The van der Waals surface area contributed by atoms with Gasteiger partial charge >= 0.3 is 0 Å². The van der Waals surface area contributed by atoms with Crippen LogP contribution in [0.25, 0.3) is 0 Å². The first-order valence-electron chi connectivity index (χ1n) is 7.08. The zero-order valence-electron chi connectivity index (χ0n) is 11.9. The van der Waals surface area contributed by atoms with E-state index in [0.29, 0.717) is 29.6 Å². The molecule has 2 aliphatic heterocycles. The molecule has 0 spiro atoms. The van der Waals surface area contributed by atoms with Crippen LogP contribution in [0.4, 0.5) is 5.82 Å². The molecule has 3 heterocycles. The van der Waals surface area contributed by atoms with Crippen LogP contribution in [0.2, 0.25) is 0 Å². The molecule has 0 N–H and O–H groups in total. The number of thioether (sulfide) groups is 1. The third-order valence-electron chi connectivity index (χ3n) is 4.00. The first-order chi connectivity index (χ1) is 10.2. The number of carbonyl (C=O) groups excluding carboxylic acids is 1. The van der Waals surface area contributed by atoms with Gasteiger partial charge in [-0.05, 0) is 19.1 Å². The SMILES string of the molecule is CSc1ncc(C#N)c(N2CC(C(=O)N3CCCC3)C2)n1. The summed E-state index contributed by atoms with van der Waals surface area (Å²) >= 11 is 1.45. The molecule has 7 heteroatoms. The molecule has 6 nitrogen and oxygen atoms in total. The summed E-state index contributed by atoms with van der Waals surface area (Å²) < 4.78 is 0. The van der Waals surface area contributed by atoms with Gasteiger partial charge in [0.25, 0.3) is 0 Å². The molecule has 0 atom stereocenters. The highest BCUT2D eigenvalue weighted by molar-refractivity contribution is 7.98. The molecule has 1 aromatic rings. The van der Waals surface area contributed by atoms with Crippen LogP contribution in [-0.2, 0) is 4.79 Å². The van der Waals surface area contributed by atoms with Crippen molar-refractivity contribution >= 4 is 23.5 Å². The normalized spacial score (nSPS) is 18.5. The van der Waals surface area contributed by atoms with Crippen LogP contribution in [-0.4, -0.2) is 53.2 Å². The van der Waals surface area contributed by atoms with Crippen LogP contribution in [0.5, 0.6) is 0 Å². The van der Waals surface area contributed by atoms with Crippen LogP contribution < -0.4 is 4.90 Å². The summed E-state index contributed by atoms with van der Waals surface area (Å²) in [5.74, 6) is 0.950. The number of hydrogen-bond acceptors (Lipinski definition) is 6. The summed E-state index contributed by atoms with van der Waals surface area (Å²) in [6.07, 6.45) is 5.69. The minimum atomic E-state index is 0.0438. The van der Waals surface area contributed by atoms with Crippen molar-refractivity contribution in [2.45, 2.75) is 18.0 Å². The molecule has 0 bridgehead atoms. The van der Waals surface area contributed by atoms with Gasteiger partial charge in [-0.1, -0.05) is 11.8 Å². The van der Waals surface area contributed by atoms with Gasteiger partial charge in [-0.15, -0.1) is 0 Å². The number of rotatable bonds is 3. The van der Waals surface area contributed by atoms with Crippen molar-refractivity contribution in [1.29, 1.82) is 5.26 Å². The minimum absolute atomic E-state index is 0.0438. The van der Waals surface area contributed by atoms with E-state index in [-0.39, 0.29) is 11.8 Å². The average Bonchev–Trinajstić information content (AvgIpc) is 2.99. The van der Waals surface area contributed by atoms with Gasteiger partial charge in [0.05, 0.1) is 12.1 Å². The fourth-order valence-electron chi connectivity index (χ4n) is 2.78. The second kappa shape index (κ2) is 5.90. The Morgan fingerprint density at radius 3 is 2.76 bits per heavy atom. The van der Waals surface area contributed by atoms with E-state index in [1.54, 1.807) is 6.20 Å². The maximum Gasteiger partial charge on any atom is 0.229 e. The lowest BCUT2D eigenvalue weighted by atomic mass is 9.98. The summed E-state index contributed by atoms with van der Waals surface area (Å²) in [5.41, 5.74) is 0.472. The second-order valence-electron chi connectivity index (χ2n) is 5.34. The lowest BCUT2D eigenvalue weighted by Gasteiger charge is -2.40. The smallest absolute Gasteiger partial charge is 0.229 e. The molecule has 0 aliphatic carbocycles. The molecular weight excluding hydrogens is 286 g/mol. The Bertz CT molecular complexity index is 588. The van der Waals surface area contributed by atoms with Crippen molar-refractivity contribution in [3.05, 3.63) is 11.8 Å². The van der Waals surface area contributed by atoms with Crippen LogP contribution in [0.1, 0.15) is 18.4 Å². The van der Waals surface area contributed by atoms with Crippen molar-refractivity contribution in [2.75, 3.05) is 37.3 Å². The van der Waals surface area contributed by atoms with E-state index in [1.807, 2.05) is 16.1 Å². The van der Waals surface area contributed by atoms with Gasteiger partial charge in [-0.25, -0.2) is 9.97 Å². The van der Waals surface area contributed by atoms with E-state index in [1.165, 1.54) is 11.8 Å². The van der Waals surface area contributed by atoms with Crippen molar-refractivity contribution in [3.8, 4) is 6.07 Å². The van der Waals surface area contributed by atoms with Crippen molar-refractivity contribution in [3.63, 3.8) is 0 Å². The third-order valence-corrected chi connectivity index (χ3v) is 4.56. The zero-order valence-corrected chi connectivity index (χ0v) is 12.8. The largest absolute Gasteiger partial charge is 0.354 e. The van der Waals surface area contributed by atoms with Crippen LogP contribution in [0.15, 0.2) is 11.4 Å². The highest BCUT2D eigenvalue weighted by Crippen LogP contribution is 2.28. The summed E-state index contributed by atoms with van der Waals surface area (Å²) in [4.78, 5) is 24.8. The maximum absolute atomic E-state index is 12.3. The Morgan fingerprint density at radius 1 is 1.43 bits per heavy atom. The van der Waals surface area contributed by atoms with Gasteiger partial charge < -0.3 is 9.80 Å². The van der Waals surface area contributed by atoms with Gasteiger partial charge in [0, 0.05) is 26.2 Å². The third kappa shape index (κ3) is 2.68. The lowest BCUT2D eigenvalue weighted by molar-refractivity contribution is -0.135. The predicted molar refractivity (Wildman–Crippen MR) is 80.0 cm³/mol. The molecule has 0 saturated carbocycles. The van der Waals surface area contributed by atoms with Gasteiger partial charge in [-0.2, -0.15) is 5.26 Å². The summed E-state index contributed by atoms with van der Waals surface area (Å²) in [5, 5.41) is 9.81. The molecule has 2 saturated heterocycles. The van der Waals surface area contributed by atoms with Crippen molar-refractivity contribution in [1.82, 2.24) is 14.9 Å². The molecule has 1 amide bonds. The van der Waals surface area contributed by atoms with E-state index in [0.717, 1.165) is 25.9 Å². The number of aromatic nitrogens is 2.